The van der Waals surface area contributed by atoms with Crippen LogP contribution in [0, 0.1) is 0 Å². The Morgan fingerprint density at radius 1 is 0.943 bits per heavy atom. The highest BCUT2D eigenvalue weighted by atomic mass is 32.2. The maximum absolute atomic E-state index is 13.0. The van der Waals surface area contributed by atoms with Gasteiger partial charge in [0.1, 0.15) is 6.04 Å². The number of rotatable bonds is 10. The van der Waals surface area contributed by atoms with E-state index in [4.69, 9.17) is 8.92 Å². The summed E-state index contributed by atoms with van der Waals surface area (Å²) in [5.41, 5.74) is 0.728. The lowest BCUT2D eigenvalue weighted by atomic mass is 10.0. The zero-order chi connectivity index (χ0) is 25.0. The maximum atomic E-state index is 13.0. The summed E-state index contributed by atoms with van der Waals surface area (Å²) in [7, 11) is -3.85. The molecule has 0 aliphatic carbocycles. The first kappa shape index (κ1) is 24.5. The first-order valence-corrected chi connectivity index (χ1v) is 12.3. The summed E-state index contributed by atoms with van der Waals surface area (Å²) in [6.07, 6.45) is 0.122. The summed E-state index contributed by atoms with van der Waals surface area (Å²) in [4.78, 5) is 50.5. The van der Waals surface area contributed by atoms with Crippen LogP contribution in [0.25, 0.3) is 0 Å². The van der Waals surface area contributed by atoms with E-state index in [1.54, 1.807) is 30.3 Å². The van der Waals surface area contributed by atoms with Crippen LogP contribution in [-0.2, 0) is 28.6 Å². The lowest BCUT2D eigenvalue weighted by Crippen LogP contribution is -2.54. The first-order valence-electron chi connectivity index (χ1n) is 10.9. The number of amides is 4. The largest absolute Gasteiger partial charge is 0.382 e. The summed E-state index contributed by atoms with van der Waals surface area (Å²) in [6.45, 7) is 0.312. The number of imide groups is 2. The normalized spacial score (nSPS) is 17.9. The molecule has 2 aliphatic heterocycles. The number of ether oxygens (including phenoxy) is 1. The molecule has 4 amide bonds. The fourth-order valence-corrected chi connectivity index (χ4v) is 4.79. The number of fused-ring (bicyclic) bond motifs is 1. The molecule has 1 saturated heterocycles. The fraction of sp³-hybridized carbons (Fsp3) is 0.304. The van der Waals surface area contributed by atoms with Crippen LogP contribution in [0.4, 0.5) is 5.69 Å². The Hall–Kier alpha value is -3.61. The molecular weight excluding hydrogens is 478 g/mol. The average molecular weight is 502 g/mol. The van der Waals surface area contributed by atoms with E-state index in [0.717, 1.165) is 4.90 Å². The van der Waals surface area contributed by atoms with E-state index in [0.29, 0.717) is 5.69 Å². The molecule has 2 aromatic rings. The Morgan fingerprint density at radius 3 is 2.46 bits per heavy atom. The summed E-state index contributed by atoms with van der Waals surface area (Å²) in [5.74, 6) is -2.30. The molecule has 1 atom stereocenters. The highest BCUT2D eigenvalue weighted by Crippen LogP contribution is 2.32. The van der Waals surface area contributed by atoms with Crippen molar-refractivity contribution in [1.29, 1.82) is 0 Å². The van der Waals surface area contributed by atoms with Crippen LogP contribution in [0.1, 0.15) is 33.6 Å². The second-order valence-corrected chi connectivity index (χ2v) is 9.42. The van der Waals surface area contributed by atoms with Gasteiger partial charge in [0.05, 0.1) is 35.8 Å². The number of carbonyl (C=O) groups excluding carboxylic acids is 4. The van der Waals surface area contributed by atoms with Crippen molar-refractivity contribution < 1.29 is 36.5 Å². The van der Waals surface area contributed by atoms with Crippen LogP contribution in [0.2, 0.25) is 0 Å². The van der Waals surface area contributed by atoms with E-state index in [9.17, 15) is 27.6 Å². The molecule has 184 valence electrons. The smallest absolute Gasteiger partial charge is 0.297 e. The molecule has 0 bridgehead atoms. The summed E-state index contributed by atoms with van der Waals surface area (Å²) in [5, 5.41) is 5.19. The number of piperidine rings is 1. The molecule has 0 spiro atoms. The summed E-state index contributed by atoms with van der Waals surface area (Å²) >= 11 is 0. The van der Waals surface area contributed by atoms with Crippen molar-refractivity contribution >= 4 is 39.4 Å². The Balaban J connectivity index is 1.28. The van der Waals surface area contributed by atoms with Gasteiger partial charge in [-0.25, -0.2) is 0 Å². The molecule has 2 aliphatic rings. The Kier molecular flexibility index (Phi) is 7.24. The number of hydrogen-bond acceptors (Lipinski definition) is 9. The molecule has 2 aromatic carbocycles. The molecule has 0 saturated carbocycles. The van der Waals surface area contributed by atoms with Crippen molar-refractivity contribution in [3.63, 3.8) is 0 Å². The van der Waals surface area contributed by atoms with Crippen LogP contribution in [0.5, 0.6) is 0 Å². The molecule has 2 heterocycles. The summed E-state index contributed by atoms with van der Waals surface area (Å²) in [6, 6.07) is 11.5. The third-order valence-electron chi connectivity index (χ3n) is 5.53. The van der Waals surface area contributed by atoms with E-state index < -0.39 is 39.8 Å². The Morgan fingerprint density at radius 2 is 1.71 bits per heavy atom. The molecule has 4 rings (SSSR count). The average Bonchev–Trinajstić information content (AvgIpc) is 3.09. The van der Waals surface area contributed by atoms with E-state index in [-0.39, 0.29) is 55.2 Å². The third-order valence-corrected chi connectivity index (χ3v) is 6.85. The zero-order valence-corrected chi connectivity index (χ0v) is 19.4. The first-order chi connectivity index (χ1) is 16.8. The van der Waals surface area contributed by atoms with Crippen LogP contribution in [0.15, 0.2) is 53.4 Å². The number of carbonyl (C=O) groups is 4. The standard InChI is InChI=1S/C23H23N3O8S/c27-19-10-9-18(21(28)25-19)26-22(29)16-7-4-8-17(20(16)23(26)30)24-11-12-33-13-14-34-35(31,32)15-5-2-1-3-6-15/h1-8,18,24H,9-14H2,(H,25,27,28). The highest BCUT2D eigenvalue weighted by molar-refractivity contribution is 7.86. The van der Waals surface area contributed by atoms with Crippen LogP contribution in [0.3, 0.4) is 0 Å². The van der Waals surface area contributed by atoms with Crippen molar-refractivity contribution in [3.05, 3.63) is 59.7 Å². The van der Waals surface area contributed by atoms with Crippen LogP contribution >= 0.6 is 0 Å². The van der Waals surface area contributed by atoms with Gasteiger partial charge in [-0.15, -0.1) is 0 Å². The molecular formula is C23H23N3O8S. The van der Waals surface area contributed by atoms with Gasteiger partial charge in [0.25, 0.3) is 21.9 Å². The van der Waals surface area contributed by atoms with Crippen LogP contribution in [-0.4, -0.2) is 69.4 Å². The SMILES string of the molecule is O=C1CCC(N2C(=O)c3cccc(NCCOCCOS(=O)(=O)c4ccccc4)c3C2=O)C(=O)N1. The number of anilines is 1. The van der Waals surface area contributed by atoms with E-state index in [1.165, 1.54) is 18.2 Å². The predicted molar refractivity (Wildman–Crippen MR) is 122 cm³/mol. The van der Waals surface area contributed by atoms with Crippen molar-refractivity contribution in [2.75, 3.05) is 31.7 Å². The zero-order valence-electron chi connectivity index (χ0n) is 18.6. The molecule has 0 aromatic heterocycles. The quantitative estimate of drug-likeness (QED) is 0.275. The molecule has 2 N–H and O–H groups in total. The highest BCUT2D eigenvalue weighted by Gasteiger charge is 2.45. The number of benzene rings is 2. The molecule has 11 nitrogen and oxygen atoms in total. The minimum Gasteiger partial charge on any atom is -0.382 e. The van der Waals surface area contributed by atoms with Crippen molar-refractivity contribution in [2.45, 2.75) is 23.8 Å². The van der Waals surface area contributed by atoms with Gasteiger partial charge in [-0.1, -0.05) is 24.3 Å². The number of hydrogen-bond donors (Lipinski definition) is 2. The van der Waals surface area contributed by atoms with E-state index in [2.05, 4.69) is 10.6 Å². The molecule has 1 fully saturated rings. The van der Waals surface area contributed by atoms with Crippen molar-refractivity contribution in [3.8, 4) is 0 Å². The summed E-state index contributed by atoms with van der Waals surface area (Å²) < 4.78 is 34.4. The van der Waals surface area contributed by atoms with Gasteiger partial charge < -0.3 is 10.1 Å². The van der Waals surface area contributed by atoms with Gasteiger partial charge in [0.15, 0.2) is 0 Å². The van der Waals surface area contributed by atoms with Gasteiger partial charge >= 0.3 is 0 Å². The van der Waals surface area contributed by atoms with Gasteiger partial charge in [0, 0.05) is 18.7 Å². The van der Waals surface area contributed by atoms with E-state index in [1.807, 2.05) is 0 Å². The van der Waals surface area contributed by atoms with Gasteiger partial charge in [-0.05, 0) is 30.7 Å². The molecule has 1 unspecified atom stereocenters. The third kappa shape index (κ3) is 5.24. The molecule has 0 radical (unpaired) electrons. The number of nitrogens with one attached hydrogen (secondary N) is 2. The fourth-order valence-electron chi connectivity index (χ4n) is 3.88. The minimum absolute atomic E-state index is 0.0291. The Labute approximate surface area is 201 Å². The second kappa shape index (κ2) is 10.3. The monoisotopic (exact) mass is 501 g/mol. The maximum Gasteiger partial charge on any atom is 0.297 e. The van der Waals surface area contributed by atoms with Crippen molar-refractivity contribution in [1.82, 2.24) is 10.2 Å². The second-order valence-electron chi connectivity index (χ2n) is 7.80. The van der Waals surface area contributed by atoms with Crippen LogP contribution < -0.4 is 10.6 Å². The predicted octanol–water partition coefficient (Wildman–Crippen LogP) is 0.922. The van der Waals surface area contributed by atoms with Gasteiger partial charge in [0.2, 0.25) is 11.8 Å². The lowest BCUT2D eigenvalue weighted by Gasteiger charge is -2.27. The lowest BCUT2D eigenvalue weighted by molar-refractivity contribution is -0.136. The van der Waals surface area contributed by atoms with Gasteiger partial charge in [-0.2, -0.15) is 8.42 Å². The molecule has 12 heteroatoms. The minimum atomic E-state index is -3.85. The van der Waals surface area contributed by atoms with Crippen molar-refractivity contribution in [2.24, 2.45) is 0 Å². The van der Waals surface area contributed by atoms with E-state index >= 15 is 0 Å². The van der Waals surface area contributed by atoms with Gasteiger partial charge in [-0.3, -0.25) is 33.6 Å². The number of nitrogens with zero attached hydrogens (tertiary/aromatic N) is 1. The molecule has 35 heavy (non-hydrogen) atoms. The topological polar surface area (TPSA) is 148 Å². The Bertz CT molecular complexity index is 1260.